The van der Waals surface area contributed by atoms with E-state index < -0.39 is 0 Å². The van der Waals surface area contributed by atoms with Gasteiger partial charge < -0.3 is 14.5 Å². The Morgan fingerprint density at radius 1 is 1.26 bits per heavy atom. The highest BCUT2D eigenvalue weighted by atomic mass is 16.5. The molecule has 1 atom stereocenters. The van der Waals surface area contributed by atoms with Gasteiger partial charge in [0.05, 0.1) is 13.2 Å². The zero-order valence-electron chi connectivity index (χ0n) is 13.4. The molecule has 1 N–H and O–H groups in total. The molecule has 1 aliphatic carbocycles. The number of carbonyl (C=O) groups is 1. The Hall–Kier alpha value is -2.49. The number of methoxy groups -OCH3 is 1. The minimum absolute atomic E-state index is 0.0522. The SMILES string of the molecule is COc1ccc(C(NC(=O)/C=C/c2ccc(C)o2)C2CC2)cc1. The van der Waals surface area contributed by atoms with Crippen molar-refractivity contribution in [3.8, 4) is 5.75 Å². The summed E-state index contributed by atoms with van der Waals surface area (Å²) >= 11 is 0. The van der Waals surface area contributed by atoms with Crippen LogP contribution in [0.3, 0.4) is 0 Å². The first-order valence-corrected chi connectivity index (χ1v) is 7.84. The molecule has 0 spiro atoms. The zero-order chi connectivity index (χ0) is 16.2. The number of rotatable bonds is 6. The molecule has 1 fully saturated rings. The molecule has 0 saturated heterocycles. The van der Waals surface area contributed by atoms with E-state index >= 15 is 0 Å². The molecule has 1 heterocycles. The van der Waals surface area contributed by atoms with Crippen LogP contribution < -0.4 is 10.1 Å². The van der Waals surface area contributed by atoms with Gasteiger partial charge >= 0.3 is 0 Å². The van der Waals surface area contributed by atoms with Gasteiger partial charge in [-0.15, -0.1) is 0 Å². The number of carbonyl (C=O) groups excluding carboxylic acids is 1. The number of ether oxygens (including phenoxy) is 1. The molecule has 0 aliphatic heterocycles. The summed E-state index contributed by atoms with van der Waals surface area (Å²) in [5, 5.41) is 3.10. The van der Waals surface area contributed by atoms with Crippen LogP contribution in [0.1, 0.15) is 36.0 Å². The molecule has 120 valence electrons. The molecule has 3 rings (SSSR count). The number of benzene rings is 1. The third-order valence-electron chi connectivity index (χ3n) is 4.03. The first-order valence-electron chi connectivity index (χ1n) is 7.84. The molecule has 0 radical (unpaired) electrons. The van der Waals surface area contributed by atoms with Crippen molar-refractivity contribution in [2.75, 3.05) is 7.11 Å². The summed E-state index contributed by atoms with van der Waals surface area (Å²) in [5.41, 5.74) is 1.11. The molecule has 4 heteroatoms. The van der Waals surface area contributed by atoms with Gasteiger partial charge in [-0.25, -0.2) is 0 Å². The van der Waals surface area contributed by atoms with Gasteiger partial charge in [0.2, 0.25) is 5.91 Å². The topological polar surface area (TPSA) is 51.5 Å². The molecule has 1 unspecified atom stereocenters. The fourth-order valence-electron chi connectivity index (χ4n) is 2.62. The van der Waals surface area contributed by atoms with Crippen molar-refractivity contribution >= 4 is 12.0 Å². The Morgan fingerprint density at radius 3 is 2.57 bits per heavy atom. The highest BCUT2D eigenvalue weighted by Crippen LogP contribution is 2.41. The number of furan rings is 1. The molecule has 1 aromatic carbocycles. The second kappa shape index (κ2) is 6.73. The van der Waals surface area contributed by atoms with Crippen molar-refractivity contribution in [2.24, 2.45) is 5.92 Å². The lowest BCUT2D eigenvalue weighted by atomic mass is 10.0. The molecule has 23 heavy (non-hydrogen) atoms. The van der Waals surface area contributed by atoms with E-state index in [2.05, 4.69) is 5.32 Å². The number of nitrogens with one attached hydrogen (secondary N) is 1. The first-order chi connectivity index (χ1) is 11.2. The van der Waals surface area contributed by atoms with E-state index in [0.717, 1.165) is 29.9 Å². The van der Waals surface area contributed by atoms with Crippen molar-refractivity contribution in [1.29, 1.82) is 0 Å². The van der Waals surface area contributed by atoms with E-state index in [0.29, 0.717) is 11.7 Å². The van der Waals surface area contributed by atoms with Gasteiger partial charge in [-0.2, -0.15) is 0 Å². The van der Waals surface area contributed by atoms with Gasteiger partial charge in [0, 0.05) is 6.08 Å². The van der Waals surface area contributed by atoms with Gasteiger partial charge in [-0.1, -0.05) is 12.1 Å². The van der Waals surface area contributed by atoms with Crippen molar-refractivity contribution in [3.05, 3.63) is 59.6 Å². The van der Waals surface area contributed by atoms with E-state index in [1.807, 2.05) is 43.3 Å². The average molecular weight is 311 g/mol. The zero-order valence-corrected chi connectivity index (χ0v) is 13.4. The predicted octanol–water partition coefficient (Wildman–Crippen LogP) is 3.88. The minimum Gasteiger partial charge on any atom is -0.497 e. The maximum Gasteiger partial charge on any atom is 0.244 e. The highest BCUT2D eigenvalue weighted by molar-refractivity contribution is 5.91. The van der Waals surface area contributed by atoms with E-state index in [-0.39, 0.29) is 11.9 Å². The molecule has 1 amide bonds. The Labute approximate surface area is 136 Å². The Bertz CT molecular complexity index is 696. The molecule has 0 bridgehead atoms. The minimum atomic E-state index is -0.105. The van der Waals surface area contributed by atoms with Crippen LogP contribution in [0.25, 0.3) is 6.08 Å². The molecule has 4 nitrogen and oxygen atoms in total. The standard InChI is InChI=1S/C19H21NO3/c1-13-3-8-17(23-13)11-12-18(21)20-19(14-4-5-14)15-6-9-16(22-2)10-7-15/h3,6-12,14,19H,4-5H2,1-2H3,(H,20,21)/b12-11+. The summed E-state index contributed by atoms with van der Waals surface area (Å²) in [4.78, 5) is 12.2. The normalized spacial score (nSPS) is 15.6. The number of hydrogen-bond donors (Lipinski definition) is 1. The summed E-state index contributed by atoms with van der Waals surface area (Å²) in [7, 11) is 1.65. The lowest BCUT2D eigenvalue weighted by molar-refractivity contribution is -0.117. The van der Waals surface area contributed by atoms with Crippen LogP contribution in [-0.2, 0) is 4.79 Å². The third-order valence-corrected chi connectivity index (χ3v) is 4.03. The molecule has 1 saturated carbocycles. The number of hydrogen-bond acceptors (Lipinski definition) is 3. The molecule has 2 aromatic rings. The Balaban J connectivity index is 1.67. The van der Waals surface area contributed by atoms with Crippen LogP contribution >= 0.6 is 0 Å². The van der Waals surface area contributed by atoms with Crippen LogP contribution in [0, 0.1) is 12.8 Å². The van der Waals surface area contributed by atoms with E-state index in [1.165, 1.54) is 6.08 Å². The second-order valence-corrected chi connectivity index (χ2v) is 5.88. The van der Waals surface area contributed by atoms with Gasteiger partial charge in [-0.05, 0) is 61.6 Å². The van der Waals surface area contributed by atoms with Crippen LogP contribution in [-0.4, -0.2) is 13.0 Å². The summed E-state index contributed by atoms with van der Waals surface area (Å²) in [6.07, 6.45) is 5.52. The van der Waals surface area contributed by atoms with Crippen molar-refractivity contribution in [2.45, 2.75) is 25.8 Å². The monoisotopic (exact) mass is 311 g/mol. The quantitative estimate of drug-likeness (QED) is 0.824. The highest BCUT2D eigenvalue weighted by Gasteiger charge is 2.33. The van der Waals surface area contributed by atoms with Crippen LogP contribution in [0.4, 0.5) is 0 Å². The Kier molecular flexibility index (Phi) is 4.51. The predicted molar refractivity (Wildman–Crippen MR) is 89.1 cm³/mol. The maximum atomic E-state index is 12.2. The fraction of sp³-hybridized carbons (Fsp3) is 0.316. The van der Waals surface area contributed by atoms with Gasteiger partial charge in [0.25, 0.3) is 0 Å². The molecule has 1 aromatic heterocycles. The van der Waals surface area contributed by atoms with Gasteiger partial charge in [0.15, 0.2) is 0 Å². The third kappa shape index (κ3) is 4.03. The van der Waals surface area contributed by atoms with E-state index in [1.54, 1.807) is 13.2 Å². The summed E-state index contributed by atoms with van der Waals surface area (Å²) in [6, 6.07) is 11.7. The lowest BCUT2D eigenvalue weighted by Gasteiger charge is -2.18. The largest absolute Gasteiger partial charge is 0.497 e. The number of amides is 1. The molecule has 1 aliphatic rings. The van der Waals surface area contributed by atoms with Crippen molar-refractivity contribution in [3.63, 3.8) is 0 Å². The number of aryl methyl sites for hydroxylation is 1. The van der Waals surface area contributed by atoms with Gasteiger partial charge in [-0.3, -0.25) is 4.79 Å². The first kappa shape index (κ1) is 15.4. The smallest absolute Gasteiger partial charge is 0.244 e. The molecular formula is C19H21NO3. The lowest BCUT2D eigenvalue weighted by Crippen LogP contribution is -2.28. The second-order valence-electron chi connectivity index (χ2n) is 5.88. The van der Waals surface area contributed by atoms with Crippen molar-refractivity contribution in [1.82, 2.24) is 5.32 Å². The van der Waals surface area contributed by atoms with Crippen molar-refractivity contribution < 1.29 is 13.9 Å². The van der Waals surface area contributed by atoms with E-state index in [9.17, 15) is 4.79 Å². The average Bonchev–Trinajstić information content (AvgIpc) is 3.32. The van der Waals surface area contributed by atoms with Crippen LogP contribution in [0.2, 0.25) is 0 Å². The van der Waals surface area contributed by atoms with Crippen LogP contribution in [0.5, 0.6) is 5.75 Å². The Morgan fingerprint density at radius 2 is 2.00 bits per heavy atom. The summed E-state index contributed by atoms with van der Waals surface area (Å²) in [6.45, 7) is 1.88. The van der Waals surface area contributed by atoms with Gasteiger partial charge in [0.1, 0.15) is 17.3 Å². The fourth-order valence-corrected chi connectivity index (χ4v) is 2.62. The maximum absolute atomic E-state index is 12.2. The van der Waals surface area contributed by atoms with Crippen LogP contribution in [0.15, 0.2) is 46.9 Å². The summed E-state index contributed by atoms with van der Waals surface area (Å²) in [5.74, 6) is 2.75. The van der Waals surface area contributed by atoms with E-state index in [4.69, 9.17) is 9.15 Å². The molecular weight excluding hydrogens is 290 g/mol. The summed E-state index contributed by atoms with van der Waals surface area (Å²) < 4.78 is 10.6.